The summed E-state index contributed by atoms with van der Waals surface area (Å²) in [5, 5.41) is 10.0. The summed E-state index contributed by atoms with van der Waals surface area (Å²) in [5.41, 5.74) is 5.85. The number of aromatic nitrogens is 2. The highest BCUT2D eigenvalue weighted by Gasteiger charge is 2.21. The number of fused-ring (bicyclic) bond motifs is 1. The van der Waals surface area contributed by atoms with Gasteiger partial charge in [-0.25, -0.2) is 4.98 Å². The molecule has 0 amide bonds. The van der Waals surface area contributed by atoms with Gasteiger partial charge in [-0.15, -0.1) is 0 Å². The van der Waals surface area contributed by atoms with E-state index in [2.05, 4.69) is 53.0 Å². The number of hydrogen-bond donors (Lipinski definition) is 3. The van der Waals surface area contributed by atoms with Gasteiger partial charge in [0.05, 0.1) is 12.3 Å². The highest BCUT2D eigenvalue weighted by molar-refractivity contribution is 5.77. The van der Waals surface area contributed by atoms with E-state index in [4.69, 9.17) is 9.72 Å². The molecule has 0 radical (unpaired) electrons. The number of nitrogens with zero attached hydrogens (tertiary/aromatic N) is 2. The zero-order chi connectivity index (χ0) is 19.5. The van der Waals surface area contributed by atoms with Crippen molar-refractivity contribution < 1.29 is 4.74 Å². The third-order valence-electron chi connectivity index (χ3n) is 5.27. The Bertz CT molecular complexity index is 891. The van der Waals surface area contributed by atoms with Crippen LogP contribution in [0.2, 0.25) is 0 Å². The minimum atomic E-state index is 0.336. The van der Waals surface area contributed by atoms with E-state index in [1.54, 1.807) is 0 Å². The molecule has 0 saturated carbocycles. The minimum Gasteiger partial charge on any atom is -0.492 e. The molecule has 1 aromatic heterocycles. The molecule has 3 N–H and O–H groups in total. The van der Waals surface area contributed by atoms with Crippen molar-refractivity contribution in [2.45, 2.75) is 39.0 Å². The number of anilines is 3. The maximum atomic E-state index is 5.99. The van der Waals surface area contributed by atoms with Gasteiger partial charge in [0.15, 0.2) is 0 Å². The second kappa shape index (κ2) is 8.19. The van der Waals surface area contributed by atoms with Gasteiger partial charge in [0.2, 0.25) is 5.95 Å². The molecule has 0 atom stereocenters. The van der Waals surface area contributed by atoms with Crippen molar-refractivity contribution in [1.29, 1.82) is 0 Å². The van der Waals surface area contributed by atoms with Gasteiger partial charge in [0.25, 0.3) is 0 Å². The summed E-state index contributed by atoms with van der Waals surface area (Å²) >= 11 is 0. The third-order valence-corrected chi connectivity index (χ3v) is 5.27. The lowest BCUT2D eigenvalue weighted by atomic mass is 9.97. The lowest BCUT2D eigenvalue weighted by molar-refractivity contribution is 0.356. The fourth-order valence-electron chi connectivity index (χ4n) is 3.74. The predicted octanol–water partition coefficient (Wildman–Crippen LogP) is 4.09. The van der Waals surface area contributed by atoms with Gasteiger partial charge in [-0.3, -0.25) is 0 Å². The lowest BCUT2D eigenvalue weighted by Gasteiger charge is -2.15. The third kappa shape index (κ3) is 3.97. The van der Waals surface area contributed by atoms with Gasteiger partial charge >= 0.3 is 0 Å². The van der Waals surface area contributed by atoms with E-state index in [0.717, 1.165) is 61.9 Å². The molecule has 0 saturated heterocycles. The molecule has 0 aliphatic carbocycles. The molecule has 6 heteroatoms. The molecule has 0 fully saturated rings. The van der Waals surface area contributed by atoms with Crippen LogP contribution in [-0.2, 0) is 6.42 Å². The van der Waals surface area contributed by atoms with Gasteiger partial charge in [-0.2, -0.15) is 4.98 Å². The summed E-state index contributed by atoms with van der Waals surface area (Å²) < 4.78 is 5.99. The molecular formula is C22H29N5O. The van der Waals surface area contributed by atoms with E-state index >= 15 is 0 Å². The first-order chi connectivity index (χ1) is 13.6. The largest absolute Gasteiger partial charge is 0.492 e. The maximum absolute atomic E-state index is 5.99. The molecule has 0 bridgehead atoms. The van der Waals surface area contributed by atoms with Crippen molar-refractivity contribution in [2.24, 2.45) is 0 Å². The quantitative estimate of drug-likeness (QED) is 0.727. The summed E-state index contributed by atoms with van der Waals surface area (Å²) in [5.74, 6) is 2.83. The Morgan fingerprint density at radius 3 is 2.86 bits per heavy atom. The van der Waals surface area contributed by atoms with Crippen molar-refractivity contribution in [3.63, 3.8) is 0 Å². The topological polar surface area (TPSA) is 71.1 Å². The first-order valence-electron chi connectivity index (χ1n) is 10.2. The van der Waals surface area contributed by atoms with Gasteiger partial charge in [-0.1, -0.05) is 19.9 Å². The number of allylic oxidation sites excluding steroid dienone is 1. The van der Waals surface area contributed by atoms with Crippen LogP contribution in [0.15, 0.2) is 24.3 Å². The van der Waals surface area contributed by atoms with Crippen LogP contribution in [0.25, 0.3) is 5.57 Å². The summed E-state index contributed by atoms with van der Waals surface area (Å²) in [6.07, 6.45) is 5.44. The molecule has 0 spiro atoms. The van der Waals surface area contributed by atoms with Crippen LogP contribution in [0.3, 0.4) is 0 Å². The fraction of sp³-hybridized carbons (Fsp3) is 0.455. The second-order valence-electron chi connectivity index (χ2n) is 7.68. The van der Waals surface area contributed by atoms with E-state index in [9.17, 15) is 0 Å². The Labute approximate surface area is 166 Å². The number of benzene rings is 1. The maximum Gasteiger partial charge on any atom is 0.229 e. The fourth-order valence-corrected chi connectivity index (χ4v) is 3.74. The van der Waals surface area contributed by atoms with E-state index in [0.29, 0.717) is 11.9 Å². The number of ether oxygens (including phenoxy) is 1. The molecular weight excluding hydrogens is 350 g/mol. The Morgan fingerprint density at radius 1 is 1.14 bits per heavy atom. The molecule has 148 valence electrons. The van der Waals surface area contributed by atoms with Gasteiger partial charge < -0.3 is 20.7 Å². The molecule has 2 aromatic rings. The SMILES string of the molecule is CNc1cc(C(C)C)nc(Nc2cc3c(c(C4=CCNCCC4)c2)OCC3)n1. The Hall–Kier alpha value is -2.60. The number of hydrogen-bond acceptors (Lipinski definition) is 6. The molecule has 4 rings (SSSR count). The van der Waals surface area contributed by atoms with Crippen LogP contribution in [-0.4, -0.2) is 36.7 Å². The first-order valence-corrected chi connectivity index (χ1v) is 10.2. The van der Waals surface area contributed by atoms with Crippen LogP contribution < -0.4 is 20.7 Å². The number of nitrogens with one attached hydrogen (secondary N) is 3. The second-order valence-corrected chi connectivity index (χ2v) is 7.68. The van der Waals surface area contributed by atoms with Crippen molar-refractivity contribution in [3.8, 4) is 5.75 Å². The molecule has 3 heterocycles. The molecule has 1 aromatic carbocycles. The van der Waals surface area contributed by atoms with E-state index < -0.39 is 0 Å². The summed E-state index contributed by atoms with van der Waals surface area (Å²) in [6, 6.07) is 6.36. The van der Waals surface area contributed by atoms with Crippen LogP contribution in [0.1, 0.15) is 49.4 Å². The average molecular weight is 380 g/mol. The summed E-state index contributed by atoms with van der Waals surface area (Å²) in [4.78, 5) is 9.30. The molecule has 28 heavy (non-hydrogen) atoms. The van der Waals surface area contributed by atoms with E-state index in [1.165, 1.54) is 16.7 Å². The highest BCUT2D eigenvalue weighted by Crippen LogP contribution is 2.39. The minimum absolute atomic E-state index is 0.336. The lowest BCUT2D eigenvalue weighted by Crippen LogP contribution is -2.12. The van der Waals surface area contributed by atoms with Crippen LogP contribution in [0.4, 0.5) is 17.5 Å². The van der Waals surface area contributed by atoms with Crippen LogP contribution in [0, 0.1) is 0 Å². The zero-order valence-electron chi connectivity index (χ0n) is 16.9. The van der Waals surface area contributed by atoms with Gasteiger partial charge in [-0.05, 0) is 43.0 Å². The van der Waals surface area contributed by atoms with E-state index in [1.807, 2.05) is 13.1 Å². The smallest absolute Gasteiger partial charge is 0.229 e. The summed E-state index contributed by atoms with van der Waals surface area (Å²) in [7, 11) is 1.88. The Morgan fingerprint density at radius 2 is 2.04 bits per heavy atom. The standard InChI is InChI=1S/C22H29N5O/c1-14(2)19-13-20(23-3)27-22(26-19)25-17-11-16-7-10-28-21(16)18(12-17)15-5-4-8-24-9-6-15/h6,11-14,24H,4-5,7-10H2,1-3H3,(H2,23,25,26,27). The van der Waals surface area contributed by atoms with Gasteiger partial charge in [0.1, 0.15) is 11.6 Å². The Kier molecular flexibility index (Phi) is 5.48. The van der Waals surface area contributed by atoms with Crippen LogP contribution in [0.5, 0.6) is 5.75 Å². The number of rotatable bonds is 5. The van der Waals surface area contributed by atoms with Crippen molar-refractivity contribution in [2.75, 3.05) is 37.4 Å². The van der Waals surface area contributed by atoms with Crippen molar-refractivity contribution in [1.82, 2.24) is 15.3 Å². The Balaban J connectivity index is 1.70. The van der Waals surface area contributed by atoms with Gasteiger partial charge in [0, 0.05) is 42.9 Å². The molecule has 6 nitrogen and oxygen atoms in total. The highest BCUT2D eigenvalue weighted by atomic mass is 16.5. The summed E-state index contributed by atoms with van der Waals surface area (Å²) in [6.45, 7) is 7.00. The van der Waals surface area contributed by atoms with Crippen LogP contribution >= 0.6 is 0 Å². The first kappa shape index (κ1) is 18.7. The van der Waals surface area contributed by atoms with Crippen molar-refractivity contribution >= 4 is 23.0 Å². The molecule has 2 aliphatic rings. The van der Waals surface area contributed by atoms with E-state index in [-0.39, 0.29) is 0 Å². The predicted molar refractivity (Wildman–Crippen MR) is 115 cm³/mol. The molecule has 2 aliphatic heterocycles. The molecule has 0 unspecified atom stereocenters. The monoisotopic (exact) mass is 379 g/mol. The average Bonchev–Trinajstić information content (AvgIpc) is 3.00. The normalized spacial score (nSPS) is 16.2. The zero-order valence-corrected chi connectivity index (χ0v) is 16.9. The van der Waals surface area contributed by atoms with Crippen molar-refractivity contribution in [3.05, 3.63) is 41.1 Å².